The van der Waals surface area contributed by atoms with Crippen LogP contribution in [0.1, 0.15) is 52.9 Å². The first-order valence-corrected chi connectivity index (χ1v) is 7.99. The van der Waals surface area contributed by atoms with Gasteiger partial charge in [-0.25, -0.2) is 0 Å². The van der Waals surface area contributed by atoms with Crippen molar-refractivity contribution in [3.63, 3.8) is 0 Å². The molecule has 1 saturated heterocycles. The van der Waals surface area contributed by atoms with Gasteiger partial charge in [0.25, 0.3) is 0 Å². The lowest BCUT2D eigenvalue weighted by molar-refractivity contribution is -0.151. The first-order valence-electron chi connectivity index (χ1n) is 7.99. The predicted molar refractivity (Wildman–Crippen MR) is 77.2 cm³/mol. The molecule has 20 heavy (non-hydrogen) atoms. The molecule has 2 fully saturated rings. The standard InChI is InChI=1S/C16H27NO3/c1-4-12-8-13(14(9-12)16(19)20)15(18)17-7-5-6-10(2)11(17)3/h10-14H,4-9H2,1-3H3,(H,19,20). The number of carboxylic acids is 1. The van der Waals surface area contributed by atoms with Crippen LogP contribution in [0.2, 0.25) is 0 Å². The minimum Gasteiger partial charge on any atom is -0.481 e. The summed E-state index contributed by atoms with van der Waals surface area (Å²) in [5.74, 6) is -0.576. The fourth-order valence-corrected chi connectivity index (χ4v) is 3.88. The number of piperidine rings is 1. The molecule has 2 rings (SSSR count). The number of likely N-dealkylation sites (tertiary alicyclic amines) is 1. The molecular formula is C16H27NO3. The third-order valence-electron chi connectivity index (χ3n) is 5.53. The number of carboxylic acid groups (broad SMARTS) is 1. The Kier molecular flexibility index (Phi) is 4.71. The fourth-order valence-electron chi connectivity index (χ4n) is 3.88. The summed E-state index contributed by atoms with van der Waals surface area (Å²) < 4.78 is 0. The van der Waals surface area contributed by atoms with Crippen molar-refractivity contribution in [2.24, 2.45) is 23.7 Å². The third-order valence-corrected chi connectivity index (χ3v) is 5.53. The zero-order chi connectivity index (χ0) is 14.9. The van der Waals surface area contributed by atoms with Crippen molar-refractivity contribution < 1.29 is 14.7 Å². The van der Waals surface area contributed by atoms with Gasteiger partial charge in [0, 0.05) is 12.6 Å². The van der Waals surface area contributed by atoms with E-state index in [2.05, 4.69) is 20.8 Å². The Balaban J connectivity index is 2.12. The van der Waals surface area contributed by atoms with Gasteiger partial charge in [0.2, 0.25) is 5.91 Å². The maximum atomic E-state index is 12.8. The average molecular weight is 281 g/mol. The van der Waals surface area contributed by atoms with Crippen LogP contribution in [0.25, 0.3) is 0 Å². The van der Waals surface area contributed by atoms with Crippen molar-refractivity contribution >= 4 is 11.9 Å². The van der Waals surface area contributed by atoms with Crippen molar-refractivity contribution in [2.45, 2.75) is 58.9 Å². The van der Waals surface area contributed by atoms with E-state index in [1.165, 1.54) is 0 Å². The number of nitrogens with zero attached hydrogens (tertiary/aromatic N) is 1. The molecule has 1 saturated carbocycles. The second kappa shape index (κ2) is 6.15. The summed E-state index contributed by atoms with van der Waals surface area (Å²) in [4.78, 5) is 26.2. The average Bonchev–Trinajstić information content (AvgIpc) is 2.85. The van der Waals surface area contributed by atoms with E-state index in [1.807, 2.05) is 4.90 Å². The van der Waals surface area contributed by atoms with Crippen molar-refractivity contribution in [3.8, 4) is 0 Å². The number of carbonyl (C=O) groups excluding carboxylic acids is 1. The van der Waals surface area contributed by atoms with Gasteiger partial charge in [-0.2, -0.15) is 0 Å². The number of aliphatic carboxylic acids is 1. The van der Waals surface area contributed by atoms with Gasteiger partial charge < -0.3 is 10.0 Å². The zero-order valence-electron chi connectivity index (χ0n) is 12.8. The molecule has 5 unspecified atom stereocenters. The van der Waals surface area contributed by atoms with Crippen LogP contribution in [-0.2, 0) is 9.59 Å². The largest absolute Gasteiger partial charge is 0.481 e. The molecule has 0 radical (unpaired) electrons. The van der Waals surface area contributed by atoms with Gasteiger partial charge in [-0.15, -0.1) is 0 Å². The van der Waals surface area contributed by atoms with Crippen LogP contribution in [0.3, 0.4) is 0 Å². The summed E-state index contributed by atoms with van der Waals surface area (Å²) in [6.07, 6.45) is 4.60. The second-order valence-corrected chi connectivity index (χ2v) is 6.69. The number of hydrogen-bond acceptors (Lipinski definition) is 2. The Labute approximate surface area is 121 Å². The second-order valence-electron chi connectivity index (χ2n) is 6.69. The lowest BCUT2D eigenvalue weighted by atomic mass is 9.88. The highest BCUT2D eigenvalue weighted by Crippen LogP contribution is 2.40. The van der Waals surface area contributed by atoms with Crippen LogP contribution >= 0.6 is 0 Å². The van der Waals surface area contributed by atoms with E-state index in [-0.39, 0.29) is 17.9 Å². The molecule has 0 aromatic heterocycles. The summed E-state index contributed by atoms with van der Waals surface area (Å²) in [5.41, 5.74) is 0. The summed E-state index contributed by atoms with van der Waals surface area (Å²) in [6.45, 7) is 7.16. The molecule has 0 aromatic carbocycles. The van der Waals surface area contributed by atoms with Gasteiger partial charge in [-0.1, -0.05) is 20.3 Å². The Morgan fingerprint density at radius 1 is 1.20 bits per heavy atom. The highest BCUT2D eigenvalue weighted by Gasteiger charge is 2.45. The highest BCUT2D eigenvalue weighted by atomic mass is 16.4. The van der Waals surface area contributed by atoms with Crippen molar-refractivity contribution in [2.75, 3.05) is 6.54 Å². The van der Waals surface area contributed by atoms with Crippen LogP contribution in [0, 0.1) is 23.7 Å². The maximum Gasteiger partial charge on any atom is 0.307 e. The quantitative estimate of drug-likeness (QED) is 0.865. The molecule has 1 N–H and O–H groups in total. The Morgan fingerprint density at radius 2 is 1.85 bits per heavy atom. The van der Waals surface area contributed by atoms with Crippen LogP contribution in [0.15, 0.2) is 0 Å². The van der Waals surface area contributed by atoms with E-state index >= 15 is 0 Å². The van der Waals surface area contributed by atoms with Crippen LogP contribution < -0.4 is 0 Å². The maximum absolute atomic E-state index is 12.8. The molecule has 1 amide bonds. The predicted octanol–water partition coefficient (Wildman–Crippen LogP) is 2.77. The molecule has 1 aliphatic carbocycles. The molecule has 1 aliphatic heterocycles. The molecule has 0 spiro atoms. The number of rotatable bonds is 3. The van der Waals surface area contributed by atoms with Gasteiger partial charge in [0.1, 0.15) is 0 Å². The topological polar surface area (TPSA) is 57.6 Å². The van der Waals surface area contributed by atoms with Crippen molar-refractivity contribution in [1.29, 1.82) is 0 Å². The number of amides is 1. The monoisotopic (exact) mass is 281 g/mol. The normalized spacial score (nSPS) is 38.0. The summed E-state index contributed by atoms with van der Waals surface area (Å²) in [6, 6.07) is 0.242. The summed E-state index contributed by atoms with van der Waals surface area (Å²) in [7, 11) is 0. The number of hydrogen-bond donors (Lipinski definition) is 1. The zero-order valence-corrected chi connectivity index (χ0v) is 12.8. The smallest absolute Gasteiger partial charge is 0.307 e. The van der Waals surface area contributed by atoms with Crippen LogP contribution in [0.4, 0.5) is 0 Å². The first kappa shape index (κ1) is 15.3. The minimum absolute atomic E-state index is 0.0902. The molecular weight excluding hydrogens is 254 g/mol. The first-order chi connectivity index (χ1) is 9.45. The fraction of sp³-hybridized carbons (Fsp3) is 0.875. The van der Waals surface area contributed by atoms with Gasteiger partial charge in [-0.3, -0.25) is 9.59 Å². The molecule has 1 heterocycles. The van der Waals surface area contributed by atoms with Gasteiger partial charge in [0.15, 0.2) is 0 Å². The van der Waals surface area contributed by atoms with Crippen molar-refractivity contribution in [3.05, 3.63) is 0 Å². The minimum atomic E-state index is -0.794. The molecule has 4 nitrogen and oxygen atoms in total. The van der Waals surface area contributed by atoms with Gasteiger partial charge in [-0.05, 0) is 44.4 Å². The van der Waals surface area contributed by atoms with E-state index in [9.17, 15) is 14.7 Å². The lowest BCUT2D eigenvalue weighted by Crippen LogP contribution is -2.49. The Morgan fingerprint density at radius 3 is 2.45 bits per heavy atom. The molecule has 0 aromatic rings. The molecule has 2 aliphatic rings. The Hall–Kier alpha value is -1.06. The number of carbonyl (C=O) groups is 2. The molecule has 4 heteroatoms. The van der Waals surface area contributed by atoms with Crippen LogP contribution in [-0.4, -0.2) is 34.5 Å². The summed E-state index contributed by atoms with van der Waals surface area (Å²) >= 11 is 0. The third kappa shape index (κ3) is 2.84. The lowest BCUT2D eigenvalue weighted by Gasteiger charge is -2.39. The van der Waals surface area contributed by atoms with Gasteiger partial charge in [0.05, 0.1) is 11.8 Å². The molecule has 0 bridgehead atoms. The van der Waals surface area contributed by atoms with Crippen molar-refractivity contribution in [1.82, 2.24) is 4.90 Å². The van der Waals surface area contributed by atoms with E-state index in [0.29, 0.717) is 18.3 Å². The highest BCUT2D eigenvalue weighted by molar-refractivity contribution is 5.85. The molecule has 5 atom stereocenters. The van der Waals surface area contributed by atoms with E-state index in [4.69, 9.17) is 0 Å². The van der Waals surface area contributed by atoms with Crippen LogP contribution in [0.5, 0.6) is 0 Å². The van der Waals surface area contributed by atoms with Gasteiger partial charge >= 0.3 is 5.97 Å². The van der Waals surface area contributed by atoms with E-state index in [1.54, 1.807) is 0 Å². The van der Waals surface area contributed by atoms with E-state index < -0.39 is 11.9 Å². The van der Waals surface area contributed by atoms with E-state index in [0.717, 1.165) is 32.2 Å². The molecule has 114 valence electrons. The summed E-state index contributed by atoms with van der Waals surface area (Å²) in [5, 5.41) is 9.39. The SMILES string of the molecule is CCC1CC(C(=O)O)C(C(=O)N2CCCC(C)C2C)C1. The Bertz CT molecular complexity index is 382.